The predicted molar refractivity (Wildman–Crippen MR) is 57.1 cm³/mol. The minimum atomic E-state index is 0.531. The summed E-state index contributed by atoms with van der Waals surface area (Å²) in [6.07, 6.45) is 7.66. The van der Waals surface area contributed by atoms with E-state index in [4.69, 9.17) is 0 Å². The van der Waals surface area contributed by atoms with Crippen molar-refractivity contribution in [1.82, 2.24) is 0 Å². The molecule has 12 heavy (non-hydrogen) atoms. The van der Waals surface area contributed by atoms with E-state index in [1.807, 2.05) is 0 Å². The zero-order valence-corrected chi connectivity index (χ0v) is 9.48. The van der Waals surface area contributed by atoms with Gasteiger partial charge < -0.3 is 0 Å². The summed E-state index contributed by atoms with van der Waals surface area (Å²) >= 11 is 0. The fourth-order valence-corrected chi connectivity index (χ4v) is 1.55. The van der Waals surface area contributed by atoms with E-state index in [0.29, 0.717) is 5.41 Å². The van der Waals surface area contributed by atoms with Crippen LogP contribution in [0.5, 0.6) is 0 Å². The fraction of sp³-hybridized carbons (Fsp3) is 0.917. The van der Waals surface area contributed by atoms with Gasteiger partial charge in [-0.15, -0.1) is 0 Å². The van der Waals surface area contributed by atoms with Crippen molar-refractivity contribution < 1.29 is 0 Å². The van der Waals surface area contributed by atoms with Crippen molar-refractivity contribution in [3.63, 3.8) is 0 Å². The Kier molecular flexibility index (Phi) is 5.61. The summed E-state index contributed by atoms with van der Waals surface area (Å²) in [4.78, 5) is 0. The number of unbranched alkanes of at least 4 members (excludes halogenated alkanes) is 1. The van der Waals surface area contributed by atoms with Crippen molar-refractivity contribution in [3.8, 4) is 0 Å². The van der Waals surface area contributed by atoms with Gasteiger partial charge in [0.15, 0.2) is 0 Å². The van der Waals surface area contributed by atoms with E-state index in [1.165, 1.54) is 25.7 Å². The van der Waals surface area contributed by atoms with Gasteiger partial charge in [0.2, 0.25) is 0 Å². The van der Waals surface area contributed by atoms with Gasteiger partial charge in [-0.05, 0) is 24.2 Å². The summed E-state index contributed by atoms with van der Waals surface area (Å²) < 4.78 is 0. The van der Waals surface area contributed by atoms with Crippen LogP contribution in [0.2, 0.25) is 0 Å². The van der Waals surface area contributed by atoms with E-state index < -0.39 is 0 Å². The molecule has 1 radical (unpaired) electrons. The first kappa shape index (κ1) is 12.0. The highest BCUT2D eigenvalue weighted by atomic mass is 14.2. The molecule has 1 unspecified atom stereocenters. The molecule has 0 aromatic heterocycles. The van der Waals surface area contributed by atoms with Gasteiger partial charge in [0.25, 0.3) is 0 Å². The Morgan fingerprint density at radius 1 is 1.25 bits per heavy atom. The summed E-state index contributed by atoms with van der Waals surface area (Å²) in [5.41, 5.74) is 0.531. The van der Waals surface area contributed by atoms with Gasteiger partial charge in [0.05, 0.1) is 0 Å². The predicted octanol–water partition coefficient (Wildman–Crippen LogP) is 4.45. The van der Waals surface area contributed by atoms with Crippen LogP contribution in [-0.4, -0.2) is 0 Å². The third-order valence-corrected chi connectivity index (χ3v) is 2.69. The maximum Gasteiger partial charge on any atom is -0.0354 e. The smallest absolute Gasteiger partial charge is 0.0354 e. The fourth-order valence-electron chi connectivity index (χ4n) is 1.55. The standard InChI is InChI=1S/C12H25/c1-6-8-9-11(3)10-12(4,5)7-2/h9,11H,6-8,10H2,1-5H3. The summed E-state index contributed by atoms with van der Waals surface area (Å²) in [5.74, 6) is 0.792. The molecule has 0 rings (SSSR count). The van der Waals surface area contributed by atoms with Crippen LogP contribution in [0.25, 0.3) is 0 Å². The van der Waals surface area contributed by atoms with Crippen molar-refractivity contribution >= 4 is 0 Å². The highest BCUT2D eigenvalue weighted by molar-refractivity contribution is 4.78. The van der Waals surface area contributed by atoms with Crippen LogP contribution in [0.1, 0.15) is 60.3 Å². The lowest BCUT2D eigenvalue weighted by molar-refractivity contribution is 0.280. The van der Waals surface area contributed by atoms with E-state index in [9.17, 15) is 0 Å². The van der Waals surface area contributed by atoms with Crippen molar-refractivity contribution in [3.05, 3.63) is 6.42 Å². The molecule has 0 bridgehead atoms. The molecule has 0 aliphatic carbocycles. The Balaban J connectivity index is 3.60. The molecule has 0 aliphatic rings. The first-order valence-electron chi connectivity index (χ1n) is 5.35. The molecule has 73 valence electrons. The van der Waals surface area contributed by atoms with Crippen LogP contribution >= 0.6 is 0 Å². The molecular weight excluding hydrogens is 144 g/mol. The lowest BCUT2D eigenvalue weighted by Gasteiger charge is -2.26. The molecule has 0 aliphatic heterocycles. The zero-order valence-electron chi connectivity index (χ0n) is 9.48. The Hall–Kier alpha value is 0. The van der Waals surface area contributed by atoms with Crippen LogP contribution < -0.4 is 0 Å². The second kappa shape index (κ2) is 5.61. The summed E-state index contributed by atoms with van der Waals surface area (Å²) in [7, 11) is 0. The van der Waals surface area contributed by atoms with Crippen LogP contribution in [0.4, 0.5) is 0 Å². The average molecular weight is 169 g/mol. The molecule has 0 aromatic carbocycles. The lowest BCUT2D eigenvalue weighted by Crippen LogP contribution is -2.14. The molecule has 0 heterocycles. The van der Waals surface area contributed by atoms with E-state index in [0.717, 1.165) is 5.92 Å². The molecule has 0 N–H and O–H groups in total. The first-order valence-corrected chi connectivity index (χ1v) is 5.35. The zero-order chi connectivity index (χ0) is 9.61. The van der Waals surface area contributed by atoms with Gasteiger partial charge in [-0.3, -0.25) is 0 Å². The quantitative estimate of drug-likeness (QED) is 0.551. The van der Waals surface area contributed by atoms with Crippen molar-refractivity contribution in [2.45, 2.75) is 60.3 Å². The molecule has 1 atom stereocenters. The minimum Gasteiger partial charge on any atom is -0.0654 e. The second-order valence-corrected chi connectivity index (χ2v) is 4.72. The Labute approximate surface area is 78.8 Å². The van der Waals surface area contributed by atoms with Crippen LogP contribution in [0, 0.1) is 17.8 Å². The van der Waals surface area contributed by atoms with E-state index in [1.54, 1.807) is 0 Å². The monoisotopic (exact) mass is 169 g/mol. The van der Waals surface area contributed by atoms with Crippen LogP contribution in [0.3, 0.4) is 0 Å². The summed E-state index contributed by atoms with van der Waals surface area (Å²) in [6, 6.07) is 0. The maximum absolute atomic E-state index is 2.47. The topological polar surface area (TPSA) is 0 Å². The van der Waals surface area contributed by atoms with Gasteiger partial charge >= 0.3 is 0 Å². The molecule has 0 saturated heterocycles. The van der Waals surface area contributed by atoms with Crippen molar-refractivity contribution in [1.29, 1.82) is 0 Å². The highest BCUT2D eigenvalue weighted by Gasteiger charge is 2.18. The highest BCUT2D eigenvalue weighted by Crippen LogP contribution is 2.30. The average Bonchev–Trinajstić information content (AvgIpc) is 2.00. The van der Waals surface area contributed by atoms with Crippen LogP contribution in [0.15, 0.2) is 0 Å². The third kappa shape index (κ3) is 5.62. The van der Waals surface area contributed by atoms with Gasteiger partial charge in [0.1, 0.15) is 0 Å². The second-order valence-electron chi connectivity index (χ2n) is 4.72. The summed E-state index contributed by atoms with van der Waals surface area (Å²) in [6.45, 7) is 11.6. The molecule has 0 fully saturated rings. The molecule has 0 aromatic rings. The van der Waals surface area contributed by atoms with Gasteiger partial charge in [-0.1, -0.05) is 53.9 Å². The minimum absolute atomic E-state index is 0.531. The molecule has 0 heteroatoms. The summed E-state index contributed by atoms with van der Waals surface area (Å²) in [5, 5.41) is 0. The van der Waals surface area contributed by atoms with Crippen molar-refractivity contribution in [2.24, 2.45) is 11.3 Å². The van der Waals surface area contributed by atoms with E-state index in [2.05, 4.69) is 41.0 Å². The Morgan fingerprint density at radius 2 is 1.83 bits per heavy atom. The lowest BCUT2D eigenvalue weighted by atomic mass is 9.80. The molecule has 0 nitrogen and oxygen atoms in total. The molecule has 0 spiro atoms. The molecule has 0 saturated carbocycles. The SMILES string of the molecule is CCC[CH]C(C)CC(C)(C)CC. The number of rotatable bonds is 6. The largest absolute Gasteiger partial charge is 0.0654 e. The van der Waals surface area contributed by atoms with E-state index >= 15 is 0 Å². The van der Waals surface area contributed by atoms with E-state index in [-0.39, 0.29) is 0 Å². The Morgan fingerprint density at radius 3 is 2.25 bits per heavy atom. The maximum atomic E-state index is 2.47. The van der Waals surface area contributed by atoms with Gasteiger partial charge in [-0.25, -0.2) is 0 Å². The normalized spacial score (nSPS) is 14.8. The number of hydrogen-bond acceptors (Lipinski definition) is 0. The van der Waals surface area contributed by atoms with Crippen LogP contribution in [-0.2, 0) is 0 Å². The third-order valence-electron chi connectivity index (χ3n) is 2.69. The Bertz CT molecular complexity index is 103. The number of hydrogen-bond donors (Lipinski definition) is 0. The first-order chi connectivity index (χ1) is 5.52. The molecule has 0 amide bonds. The van der Waals surface area contributed by atoms with Crippen molar-refractivity contribution in [2.75, 3.05) is 0 Å². The molecular formula is C12H25. The van der Waals surface area contributed by atoms with Gasteiger partial charge in [0, 0.05) is 0 Å². The van der Waals surface area contributed by atoms with Gasteiger partial charge in [-0.2, -0.15) is 0 Å².